The first kappa shape index (κ1) is 32.9. The van der Waals surface area contributed by atoms with Crippen molar-refractivity contribution in [1.29, 1.82) is 0 Å². The first-order chi connectivity index (χ1) is 11.3. The molecule has 0 radical (unpaired) electrons. The third kappa shape index (κ3) is 32.4. The molecule has 0 bridgehead atoms. The van der Waals surface area contributed by atoms with Crippen LogP contribution in [0.4, 0.5) is 4.11 Å². The van der Waals surface area contributed by atoms with E-state index in [9.17, 15) is 4.11 Å². The molecule has 0 aromatic heterocycles. The molecule has 1 aromatic carbocycles. The molecule has 1 aromatic rings. The molecule has 0 amide bonds. The van der Waals surface area contributed by atoms with Gasteiger partial charge in [-0.25, -0.2) is 12.1 Å². The fraction of sp³-hybridized carbons (Fsp3) is 0.737. The van der Waals surface area contributed by atoms with Gasteiger partial charge in [0.1, 0.15) is 0 Å². The van der Waals surface area contributed by atoms with Gasteiger partial charge in [0.2, 0.25) is 8.41 Å². The van der Waals surface area contributed by atoms with Crippen molar-refractivity contribution in [2.75, 3.05) is 39.3 Å². The van der Waals surface area contributed by atoms with Crippen molar-refractivity contribution < 1.29 is 30.3 Å². The van der Waals surface area contributed by atoms with Crippen molar-refractivity contribution >= 4 is 13.6 Å². The largest absolute Gasteiger partial charge is 4.00 e. The van der Waals surface area contributed by atoms with Crippen LogP contribution in [0.1, 0.15) is 41.5 Å². The number of hydrogen-bond donors (Lipinski definition) is 0. The number of nitrogens with zero attached hydrogens (tertiary/aromatic N) is 3. The smallest absolute Gasteiger partial charge is 0.663 e. The summed E-state index contributed by atoms with van der Waals surface area (Å²) in [7, 11) is -2.48. The molecule has 0 heterocycles. The third-order valence-corrected chi connectivity index (χ3v) is 4.40. The summed E-state index contributed by atoms with van der Waals surface area (Å²) >= 11 is 0. The Bertz CT molecular complexity index is 284. The summed E-state index contributed by atoms with van der Waals surface area (Å²) in [4.78, 5) is 0. The van der Waals surface area contributed by atoms with E-state index in [1.54, 1.807) is 13.1 Å². The van der Waals surface area contributed by atoms with Crippen molar-refractivity contribution in [1.82, 2.24) is 0 Å². The zero-order valence-electron chi connectivity index (χ0n) is 17.8. The summed E-state index contributed by atoms with van der Waals surface area (Å²) in [6, 6.07) is 7.46. The average Bonchev–Trinajstić information content (AvgIpc) is 3.06. The van der Waals surface area contributed by atoms with E-state index in [4.69, 9.17) is 0 Å². The normalized spacial score (nSPS) is 9.32. The van der Waals surface area contributed by atoms with E-state index in [1.807, 2.05) is 65.8 Å². The Labute approximate surface area is 177 Å². The van der Waals surface area contributed by atoms with Crippen LogP contribution in [0.15, 0.2) is 24.3 Å². The number of halogens is 1. The summed E-state index contributed by atoms with van der Waals surface area (Å²) in [5, 5.41) is 12.8. The molecule has 0 N–H and O–H groups in total. The Morgan fingerprint density at radius 3 is 1.00 bits per heavy atom. The molecule has 0 fully saturated rings. The monoisotopic (exact) mass is 447 g/mol. The molecule has 146 valence electrons. The topological polar surface area (TPSA) is 42.3 Å². The van der Waals surface area contributed by atoms with Crippen molar-refractivity contribution in [3.05, 3.63) is 40.2 Å². The maximum atomic E-state index is 13.1. The molecule has 0 aliphatic carbocycles. The minimum atomic E-state index is -2.48. The molecule has 0 atom stereocenters. The molecule has 0 aliphatic rings. The Balaban J connectivity index is -0.000000122. The van der Waals surface area contributed by atoms with E-state index >= 15 is 0 Å². The van der Waals surface area contributed by atoms with Crippen molar-refractivity contribution in [2.24, 2.45) is 0 Å². The van der Waals surface area contributed by atoms with Gasteiger partial charge in [-0.2, -0.15) is 51.4 Å². The van der Waals surface area contributed by atoms with Gasteiger partial charge in [-0.1, -0.05) is 41.5 Å². The number of hydrogen-bond acceptors (Lipinski definition) is 0. The van der Waals surface area contributed by atoms with Crippen LogP contribution in [0, 0.1) is 0 Å². The average molecular weight is 449 g/mol. The maximum Gasteiger partial charge on any atom is 4.00 e. The Hall–Kier alpha value is 0.260. The maximum absolute atomic E-state index is 13.1. The summed E-state index contributed by atoms with van der Waals surface area (Å²) in [6.45, 7) is 21.5. The van der Waals surface area contributed by atoms with Crippen LogP contribution in [0.25, 0.3) is 16.0 Å². The van der Waals surface area contributed by atoms with Gasteiger partial charge in [0.15, 0.2) is 0 Å². The molecule has 25 heavy (non-hydrogen) atoms. The Morgan fingerprint density at radius 1 is 0.680 bits per heavy atom. The molecule has 0 saturated heterocycles. The zero-order chi connectivity index (χ0) is 19.3. The SMILES string of the molecule is CC[N-]CC.CC[N-]CC.CC[N-]CC.C[Si](C)(F)[c-]1cccc1.[Zr+4]. The predicted octanol–water partition coefficient (Wildman–Crippen LogP) is 5.98. The van der Waals surface area contributed by atoms with Crippen LogP contribution in [-0.4, -0.2) is 47.7 Å². The summed E-state index contributed by atoms with van der Waals surface area (Å²) in [5.74, 6) is 0. The molecule has 3 nitrogen and oxygen atoms in total. The van der Waals surface area contributed by atoms with E-state index in [0.717, 1.165) is 44.5 Å². The van der Waals surface area contributed by atoms with E-state index in [1.165, 1.54) is 0 Å². The second-order valence-electron chi connectivity index (χ2n) is 5.21. The minimum Gasteiger partial charge on any atom is -0.663 e. The fourth-order valence-electron chi connectivity index (χ4n) is 1.44. The standard InChI is InChI=1S/C7H10FSi.3C4H10N.Zr/c1-9(2,8)7-5-3-4-6-7;3*1-3-5-4-2;/h3-6H,1-2H3;3*3-4H2,1-2H3;/q4*-1;+4. The van der Waals surface area contributed by atoms with Crippen molar-refractivity contribution in [3.8, 4) is 0 Å². The van der Waals surface area contributed by atoms with E-state index in [2.05, 4.69) is 16.0 Å². The number of rotatable bonds is 7. The van der Waals surface area contributed by atoms with Crippen LogP contribution >= 0.6 is 0 Å². The van der Waals surface area contributed by atoms with Crippen molar-refractivity contribution in [3.63, 3.8) is 0 Å². The van der Waals surface area contributed by atoms with Gasteiger partial charge >= 0.3 is 26.2 Å². The molecule has 6 heteroatoms. The van der Waals surface area contributed by atoms with Crippen LogP contribution in [0.5, 0.6) is 0 Å². The molecule has 0 saturated carbocycles. The van der Waals surface area contributed by atoms with Gasteiger partial charge in [0.05, 0.1) is 0 Å². The van der Waals surface area contributed by atoms with Gasteiger partial charge < -0.3 is 20.1 Å². The third-order valence-electron chi connectivity index (χ3n) is 2.69. The molecule has 1 rings (SSSR count). The summed E-state index contributed by atoms with van der Waals surface area (Å²) < 4.78 is 13.1. The fourth-order valence-corrected chi connectivity index (χ4v) is 2.43. The second kappa shape index (κ2) is 26.5. The van der Waals surface area contributed by atoms with Gasteiger partial charge in [-0.05, 0) is 13.1 Å². The molecular formula is C19H40FN3SiZr. The first-order valence-corrected chi connectivity index (χ1v) is 12.0. The van der Waals surface area contributed by atoms with Gasteiger partial charge in [-0.15, -0.1) is 5.19 Å². The zero-order valence-corrected chi connectivity index (χ0v) is 21.2. The summed E-state index contributed by atoms with van der Waals surface area (Å²) in [6.07, 6.45) is 0. The molecule has 0 spiro atoms. The first-order valence-electron chi connectivity index (χ1n) is 9.16. The molecular weight excluding hydrogens is 409 g/mol. The molecule has 0 unspecified atom stereocenters. The van der Waals surface area contributed by atoms with E-state index in [0.29, 0.717) is 0 Å². The Kier molecular flexibility index (Phi) is 34.9. The van der Waals surface area contributed by atoms with Gasteiger partial charge in [-0.3, -0.25) is 0 Å². The second-order valence-corrected chi connectivity index (χ2v) is 8.74. The van der Waals surface area contributed by atoms with Crippen LogP contribution in [0.3, 0.4) is 0 Å². The Morgan fingerprint density at radius 2 is 0.920 bits per heavy atom. The van der Waals surface area contributed by atoms with Gasteiger partial charge in [0.25, 0.3) is 0 Å². The van der Waals surface area contributed by atoms with E-state index < -0.39 is 8.41 Å². The molecule has 0 aliphatic heterocycles. The van der Waals surface area contributed by atoms with Crippen LogP contribution in [-0.2, 0) is 26.2 Å². The van der Waals surface area contributed by atoms with Crippen LogP contribution in [0.2, 0.25) is 13.1 Å². The van der Waals surface area contributed by atoms with Crippen LogP contribution < -0.4 is 5.19 Å². The predicted molar refractivity (Wildman–Crippen MR) is 114 cm³/mol. The van der Waals surface area contributed by atoms with Gasteiger partial charge in [0, 0.05) is 0 Å². The quantitative estimate of drug-likeness (QED) is 0.279. The summed E-state index contributed by atoms with van der Waals surface area (Å²) in [5.41, 5.74) is 0. The van der Waals surface area contributed by atoms with E-state index in [-0.39, 0.29) is 26.2 Å². The van der Waals surface area contributed by atoms with Crippen molar-refractivity contribution in [2.45, 2.75) is 54.6 Å². The minimum absolute atomic E-state index is 0.